The Bertz CT molecular complexity index is 892. The number of carbonyl (C=O) groups is 2. The Kier molecular flexibility index (Phi) is 5.38. The molecule has 0 unspecified atom stereocenters. The van der Waals surface area contributed by atoms with Crippen molar-refractivity contribution in [2.45, 2.75) is 4.90 Å². The monoisotopic (exact) mass is 363 g/mol. The summed E-state index contributed by atoms with van der Waals surface area (Å²) >= 11 is 0. The second-order valence-electron chi connectivity index (χ2n) is 5.22. The molecule has 0 aliphatic heterocycles. The number of rotatable bonds is 5. The van der Waals surface area contributed by atoms with Gasteiger partial charge in [0.25, 0.3) is 21.8 Å². The van der Waals surface area contributed by atoms with Crippen LogP contribution in [0.2, 0.25) is 0 Å². The minimum Gasteiger partial charge on any atom is -0.480 e. The molecule has 2 amide bonds. The Balaban J connectivity index is 2.24. The number of amides is 2. The van der Waals surface area contributed by atoms with E-state index in [2.05, 4.69) is 4.98 Å². The van der Waals surface area contributed by atoms with E-state index < -0.39 is 15.9 Å². The Labute approximate surface area is 145 Å². The van der Waals surface area contributed by atoms with Gasteiger partial charge in [0, 0.05) is 25.9 Å². The SMILES string of the molecule is COc1ncccc1C(=O)NS(=O)(=O)c1ccc(C(=O)N(C)C)cc1. The van der Waals surface area contributed by atoms with Gasteiger partial charge in [0.05, 0.1) is 12.0 Å². The molecular formula is C16H17N3O5S. The van der Waals surface area contributed by atoms with Gasteiger partial charge in [-0.15, -0.1) is 0 Å². The van der Waals surface area contributed by atoms with Gasteiger partial charge in [-0.1, -0.05) is 0 Å². The Morgan fingerprint density at radius 2 is 1.76 bits per heavy atom. The molecule has 0 atom stereocenters. The van der Waals surface area contributed by atoms with Crippen LogP contribution in [0.15, 0.2) is 47.5 Å². The number of hydrogen-bond acceptors (Lipinski definition) is 6. The second-order valence-corrected chi connectivity index (χ2v) is 6.90. The van der Waals surface area contributed by atoms with Crippen molar-refractivity contribution in [2.24, 2.45) is 0 Å². The molecule has 0 aliphatic rings. The maximum absolute atomic E-state index is 12.3. The lowest BCUT2D eigenvalue weighted by Gasteiger charge is -2.11. The topological polar surface area (TPSA) is 106 Å². The zero-order chi connectivity index (χ0) is 18.6. The van der Waals surface area contributed by atoms with Gasteiger partial charge in [-0.25, -0.2) is 18.1 Å². The Morgan fingerprint density at radius 1 is 1.12 bits per heavy atom. The molecular weight excluding hydrogens is 346 g/mol. The summed E-state index contributed by atoms with van der Waals surface area (Å²) in [6.07, 6.45) is 1.42. The summed E-state index contributed by atoms with van der Waals surface area (Å²) in [4.78, 5) is 29.1. The molecule has 25 heavy (non-hydrogen) atoms. The van der Waals surface area contributed by atoms with Crippen molar-refractivity contribution in [3.63, 3.8) is 0 Å². The summed E-state index contributed by atoms with van der Waals surface area (Å²) in [6.45, 7) is 0. The van der Waals surface area contributed by atoms with Crippen LogP contribution < -0.4 is 9.46 Å². The van der Waals surface area contributed by atoms with Crippen molar-refractivity contribution in [3.8, 4) is 5.88 Å². The molecule has 0 bridgehead atoms. The van der Waals surface area contributed by atoms with E-state index in [0.717, 1.165) is 0 Å². The standard InChI is InChI=1S/C16H17N3O5S/c1-19(2)16(21)11-6-8-12(9-7-11)25(22,23)18-14(20)13-5-4-10-17-15(13)24-3/h4-10H,1-3H3,(H,18,20). The zero-order valence-corrected chi connectivity index (χ0v) is 14.7. The fraction of sp³-hybridized carbons (Fsp3) is 0.188. The van der Waals surface area contributed by atoms with Crippen molar-refractivity contribution in [3.05, 3.63) is 53.7 Å². The fourth-order valence-corrected chi connectivity index (χ4v) is 2.96. The molecule has 0 aliphatic carbocycles. The summed E-state index contributed by atoms with van der Waals surface area (Å²) in [6, 6.07) is 8.17. The number of sulfonamides is 1. The van der Waals surface area contributed by atoms with E-state index in [1.807, 2.05) is 4.72 Å². The Morgan fingerprint density at radius 3 is 2.32 bits per heavy atom. The van der Waals surface area contributed by atoms with Crippen LogP contribution in [0.1, 0.15) is 20.7 Å². The van der Waals surface area contributed by atoms with Gasteiger partial charge < -0.3 is 9.64 Å². The van der Waals surface area contributed by atoms with Crippen molar-refractivity contribution >= 4 is 21.8 Å². The predicted molar refractivity (Wildman–Crippen MR) is 89.9 cm³/mol. The average molecular weight is 363 g/mol. The van der Waals surface area contributed by atoms with E-state index in [4.69, 9.17) is 4.74 Å². The van der Waals surface area contributed by atoms with Crippen LogP contribution in [0, 0.1) is 0 Å². The summed E-state index contributed by atoms with van der Waals surface area (Å²) in [7, 11) is 0.408. The molecule has 0 radical (unpaired) electrons. The summed E-state index contributed by atoms with van der Waals surface area (Å²) in [5.74, 6) is -1.10. The van der Waals surface area contributed by atoms with Gasteiger partial charge in [-0.05, 0) is 36.4 Å². The normalized spacial score (nSPS) is 10.8. The minimum absolute atomic E-state index is 0.00650. The number of nitrogens with zero attached hydrogens (tertiary/aromatic N) is 2. The van der Waals surface area contributed by atoms with E-state index in [1.165, 1.54) is 54.6 Å². The van der Waals surface area contributed by atoms with E-state index >= 15 is 0 Å². The van der Waals surface area contributed by atoms with Crippen LogP contribution in [-0.4, -0.2) is 51.3 Å². The molecule has 132 valence electrons. The predicted octanol–water partition coefficient (Wildman–Crippen LogP) is 0.911. The number of carbonyl (C=O) groups excluding carboxylic acids is 2. The maximum atomic E-state index is 12.3. The molecule has 1 aromatic carbocycles. The van der Waals surface area contributed by atoms with Gasteiger partial charge >= 0.3 is 0 Å². The molecule has 8 nitrogen and oxygen atoms in total. The molecule has 1 N–H and O–H groups in total. The smallest absolute Gasteiger partial charge is 0.270 e. The van der Waals surface area contributed by atoms with Crippen molar-refractivity contribution in [1.29, 1.82) is 0 Å². The van der Waals surface area contributed by atoms with Gasteiger partial charge in [0.2, 0.25) is 5.88 Å². The molecule has 2 rings (SSSR count). The van der Waals surface area contributed by atoms with E-state index in [9.17, 15) is 18.0 Å². The first-order valence-electron chi connectivity index (χ1n) is 7.14. The first kappa shape index (κ1) is 18.4. The molecule has 0 fully saturated rings. The number of ether oxygens (including phenoxy) is 1. The van der Waals surface area contributed by atoms with Crippen molar-refractivity contribution < 1.29 is 22.7 Å². The minimum atomic E-state index is -4.10. The number of nitrogens with one attached hydrogen (secondary N) is 1. The van der Waals surface area contributed by atoms with Crippen LogP contribution in [0.25, 0.3) is 0 Å². The first-order valence-corrected chi connectivity index (χ1v) is 8.62. The van der Waals surface area contributed by atoms with Crippen LogP contribution >= 0.6 is 0 Å². The number of methoxy groups -OCH3 is 1. The highest BCUT2D eigenvalue weighted by Gasteiger charge is 2.22. The molecule has 0 saturated carbocycles. The summed E-state index contributed by atoms with van der Waals surface area (Å²) < 4.78 is 31.6. The van der Waals surface area contributed by atoms with Crippen LogP contribution in [-0.2, 0) is 10.0 Å². The van der Waals surface area contributed by atoms with Gasteiger partial charge in [-0.2, -0.15) is 0 Å². The lowest BCUT2D eigenvalue weighted by atomic mass is 10.2. The van der Waals surface area contributed by atoms with Crippen LogP contribution in [0.4, 0.5) is 0 Å². The van der Waals surface area contributed by atoms with Gasteiger partial charge in [0.15, 0.2) is 0 Å². The molecule has 2 aromatic rings. The quantitative estimate of drug-likeness (QED) is 0.846. The molecule has 0 saturated heterocycles. The van der Waals surface area contributed by atoms with Crippen molar-refractivity contribution in [2.75, 3.05) is 21.2 Å². The largest absolute Gasteiger partial charge is 0.480 e. The maximum Gasteiger partial charge on any atom is 0.270 e. The zero-order valence-electron chi connectivity index (χ0n) is 13.9. The first-order chi connectivity index (χ1) is 11.8. The lowest BCUT2D eigenvalue weighted by molar-refractivity contribution is 0.0827. The highest BCUT2D eigenvalue weighted by Crippen LogP contribution is 2.16. The van der Waals surface area contributed by atoms with E-state index in [0.29, 0.717) is 5.56 Å². The fourth-order valence-electron chi connectivity index (χ4n) is 2.00. The number of aromatic nitrogens is 1. The van der Waals surface area contributed by atoms with E-state index in [-0.39, 0.29) is 22.2 Å². The third kappa shape index (κ3) is 4.13. The Hall–Kier alpha value is -2.94. The third-order valence-electron chi connectivity index (χ3n) is 3.25. The highest BCUT2D eigenvalue weighted by atomic mass is 32.2. The van der Waals surface area contributed by atoms with Crippen LogP contribution in [0.5, 0.6) is 5.88 Å². The van der Waals surface area contributed by atoms with Gasteiger partial charge in [-0.3, -0.25) is 9.59 Å². The van der Waals surface area contributed by atoms with Crippen LogP contribution in [0.3, 0.4) is 0 Å². The second kappa shape index (κ2) is 7.31. The molecule has 1 aromatic heterocycles. The van der Waals surface area contributed by atoms with E-state index in [1.54, 1.807) is 14.1 Å². The van der Waals surface area contributed by atoms with Crippen molar-refractivity contribution in [1.82, 2.24) is 14.6 Å². The van der Waals surface area contributed by atoms with Gasteiger partial charge in [0.1, 0.15) is 5.56 Å². The molecule has 0 spiro atoms. The third-order valence-corrected chi connectivity index (χ3v) is 4.60. The summed E-state index contributed by atoms with van der Waals surface area (Å²) in [5.41, 5.74) is 0.331. The highest BCUT2D eigenvalue weighted by molar-refractivity contribution is 7.90. The number of hydrogen-bond donors (Lipinski definition) is 1. The summed E-state index contributed by atoms with van der Waals surface area (Å²) in [5, 5.41) is 0. The lowest BCUT2D eigenvalue weighted by Crippen LogP contribution is -2.31. The molecule has 1 heterocycles. The average Bonchev–Trinajstić information content (AvgIpc) is 2.60. The number of benzene rings is 1. The molecule has 9 heteroatoms. The number of pyridine rings is 1.